The van der Waals surface area contributed by atoms with Gasteiger partial charge in [0.1, 0.15) is 0 Å². The van der Waals surface area contributed by atoms with Crippen molar-refractivity contribution >= 4 is 38.5 Å². The maximum absolute atomic E-state index is 3.53. The lowest BCUT2D eigenvalue weighted by Gasteiger charge is -2.04. The van der Waals surface area contributed by atoms with E-state index in [1.165, 1.54) is 14.8 Å². The van der Waals surface area contributed by atoms with E-state index in [0.29, 0.717) is 0 Å². The van der Waals surface area contributed by atoms with Crippen LogP contribution in [-0.4, -0.2) is 4.57 Å². The highest BCUT2D eigenvalue weighted by molar-refractivity contribution is 14.1. The molecule has 0 radical (unpaired) electrons. The summed E-state index contributed by atoms with van der Waals surface area (Å²) >= 11 is 5.84. The van der Waals surface area contributed by atoms with Crippen molar-refractivity contribution in [3.8, 4) is 5.69 Å². The van der Waals surface area contributed by atoms with E-state index in [9.17, 15) is 0 Å². The maximum atomic E-state index is 3.53. The number of rotatable bonds is 1. The van der Waals surface area contributed by atoms with Crippen molar-refractivity contribution in [3.05, 3.63) is 50.3 Å². The van der Waals surface area contributed by atoms with Gasteiger partial charge < -0.3 is 4.57 Å². The van der Waals surface area contributed by atoms with Gasteiger partial charge in [-0.2, -0.15) is 0 Å². The van der Waals surface area contributed by atoms with Gasteiger partial charge in [-0.1, -0.05) is 17.7 Å². The zero-order valence-electron chi connectivity index (χ0n) is 7.67. The fraction of sp³-hybridized carbons (Fsp3) is 0.0909. The van der Waals surface area contributed by atoms with Crippen LogP contribution in [0.5, 0.6) is 0 Å². The van der Waals surface area contributed by atoms with Crippen LogP contribution in [0, 0.1) is 10.5 Å². The molecule has 2 rings (SSSR count). The van der Waals surface area contributed by atoms with Crippen LogP contribution in [0.25, 0.3) is 5.69 Å². The standard InChI is InChI=1S/C11H9BrIN/c1-8-2-4-10(5-3-8)14-7-9(13)6-11(14)12/h2-7H,1H3. The molecular formula is C11H9BrIN. The van der Waals surface area contributed by atoms with E-state index < -0.39 is 0 Å². The van der Waals surface area contributed by atoms with Gasteiger partial charge in [0.15, 0.2) is 0 Å². The minimum atomic E-state index is 1.09. The van der Waals surface area contributed by atoms with Gasteiger partial charge in [0.2, 0.25) is 0 Å². The highest BCUT2D eigenvalue weighted by Gasteiger charge is 2.02. The van der Waals surface area contributed by atoms with Gasteiger partial charge in [-0.15, -0.1) is 0 Å². The smallest absolute Gasteiger partial charge is 0.0903 e. The molecule has 0 bridgehead atoms. The fourth-order valence-corrected chi connectivity index (χ4v) is 2.86. The van der Waals surface area contributed by atoms with Crippen molar-refractivity contribution in [2.45, 2.75) is 6.92 Å². The molecule has 1 aromatic heterocycles. The molecule has 0 fully saturated rings. The maximum Gasteiger partial charge on any atom is 0.0903 e. The Hall–Kier alpha value is -0.290. The Balaban J connectivity index is 2.49. The lowest BCUT2D eigenvalue weighted by atomic mass is 10.2. The molecule has 3 heteroatoms. The summed E-state index contributed by atoms with van der Waals surface area (Å²) in [7, 11) is 0. The fourth-order valence-electron chi connectivity index (χ4n) is 1.31. The Morgan fingerprint density at radius 1 is 1.21 bits per heavy atom. The van der Waals surface area contributed by atoms with E-state index in [2.05, 4.69) is 86.5 Å². The van der Waals surface area contributed by atoms with Crippen LogP contribution in [0.2, 0.25) is 0 Å². The number of hydrogen-bond donors (Lipinski definition) is 0. The number of halogens is 2. The van der Waals surface area contributed by atoms with E-state index in [-0.39, 0.29) is 0 Å². The Bertz CT molecular complexity index is 445. The molecule has 0 unspecified atom stereocenters. The highest BCUT2D eigenvalue weighted by Crippen LogP contribution is 2.21. The number of benzene rings is 1. The molecule has 1 nitrogen and oxygen atoms in total. The second-order valence-corrected chi connectivity index (χ2v) is 5.24. The third-order valence-electron chi connectivity index (χ3n) is 2.05. The molecule has 0 aliphatic rings. The number of hydrogen-bond acceptors (Lipinski definition) is 0. The molecule has 72 valence electrons. The SMILES string of the molecule is Cc1ccc(-n2cc(I)cc2Br)cc1. The van der Waals surface area contributed by atoms with Gasteiger partial charge in [-0.3, -0.25) is 0 Å². The Morgan fingerprint density at radius 2 is 1.86 bits per heavy atom. The average molecular weight is 362 g/mol. The minimum Gasteiger partial charge on any atom is -0.310 e. The molecule has 0 saturated carbocycles. The van der Waals surface area contributed by atoms with Crippen LogP contribution < -0.4 is 0 Å². The molecule has 0 spiro atoms. The topological polar surface area (TPSA) is 4.93 Å². The molecule has 0 N–H and O–H groups in total. The van der Waals surface area contributed by atoms with Crippen LogP contribution in [-0.2, 0) is 0 Å². The lowest BCUT2D eigenvalue weighted by Crippen LogP contribution is -1.91. The van der Waals surface area contributed by atoms with E-state index in [0.717, 1.165) is 4.60 Å². The van der Waals surface area contributed by atoms with E-state index in [4.69, 9.17) is 0 Å². The summed E-state index contributed by atoms with van der Waals surface area (Å²) in [4.78, 5) is 0. The molecule has 0 amide bonds. The first-order valence-corrected chi connectivity index (χ1v) is 6.14. The van der Waals surface area contributed by atoms with Gasteiger partial charge >= 0.3 is 0 Å². The van der Waals surface area contributed by atoms with Gasteiger partial charge in [0.25, 0.3) is 0 Å². The number of nitrogens with zero attached hydrogens (tertiary/aromatic N) is 1. The first-order chi connectivity index (χ1) is 6.66. The van der Waals surface area contributed by atoms with Crippen LogP contribution in [0.4, 0.5) is 0 Å². The predicted octanol–water partition coefficient (Wildman–Crippen LogP) is 4.15. The van der Waals surface area contributed by atoms with Crippen molar-refractivity contribution in [1.29, 1.82) is 0 Å². The van der Waals surface area contributed by atoms with Gasteiger partial charge in [0.05, 0.1) is 4.60 Å². The zero-order chi connectivity index (χ0) is 10.1. The minimum absolute atomic E-state index is 1.09. The summed E-state index contributed by atoms with van der Waals surface area (Å²) in [6.45, 7) is 2.10. The Kier molecular flexibility index (Phi) is 2.97. The molecular weight excluding hydrogens is 353 g/mol. The van der Waals surface area contributed by atoms with Crippen LogP contribution in [0.3, 0.4) is 0 Å². The predicted molar refractivity (Wildman–Crippen MR) is 70.9 cm³/mol. The first kappa shape index (κ1) is 10.2. The third kappa shape index (κ3) is 2.03. The van der Waals surface area contributed by atoms with E-state index >= 15 is 0 Å². The molecule has 0 atom stereocenters. The van der Waals surface area contributed by atoms with Crippen LogP contribution in [0.1, 0.15) is 5.56 Å². The summed E-state index contributed by atoms with van der Waals surface area (Å²) in [5.41, 5.74) is 2.47. The van der Waals surface area contributed by atoms with Gasteiger partial charge in [-0.05, 0) is 63.6 Å². The van der Waals surface area contributed by atoms with Crippen molar-refractivity contribution in [1.82, 2.24) is 4.57 Å². The summed E-state index contributed by atoms with van der Waals surface area (Å²) in [6, 6.07) is 10.6. The summed E-state index contributed by atoms with van der Waals surface area (Å²) in [5, 5.41) is 0. The largest absolute Gasteiger partial charge is 0.310 e. The van der Waals surface area contributed by atoms with Crippen molar-refractivity contribution in [2.24, 2.45) is 0 Å². The summed E-state index contributed by atoms with van der Waals surface area (Å²) in [6.07, 6.45) is 2.11. The summed E-state index contributed by atoms with van der Waals surface area (Å²) in [5.74, 6) is 0. The highest BCUT2D eigenvalue weighted by atomic mass is 127. The molecule has 0 saturated heterocycles. The lowest BCUT2D eigenvalue weighted by molar-refractivity contribution is 1.04. The molecule has 2 aromatic rings. The monoisotopic (exact) mass is 361 g/mol. The summed E-state index contributed by atoms with van der Waals surface area (Å²) < 4.78 is 4.45. The first-order valence-electron chi connectivity index (χ1n) is 4.27. The number of aromatic nitrogens is 1. The molecule has 1 heterocycles. The van der Waals surface area contributed by atoms with Crippen molar-refractivity contribution in [3.63, 3.8) is 0 Å². The molecule has 1 aromatic carbocycles. The molecule has 0 aliphatic carbocycles. The average Bonchev–Trinajstić information content (AvgIpc) is 2.47. The normalized spacial score (nSPS) is 10.5. The number of aryl methyl sites for hydroxylation is 1. The van der Waals surface area contributed by atoms with Crippen LogP contribution >= 0.6 is 38.5 Å². The Morgan fingerprint density at radius 3 is 2.36 bits per heavy atom. The van der Waals surface area contributed by atoms with Gasteiger partial charge in [0, 0.05) is 15.5 Å². The van der Waals surface area contributed by atoms with Gasteiger partial charge in [-0.25, -0.2) is 0 Å². The molecule has 14 heavy (non-hydrogen) atoms. The second-order valence-electron chi connectivity index (χ2n) is 3.19. The third-order valence-corrected chi connectivity index (χ3v) is 3.25. The molecule has 0 aliphatic heterocycles. The Labute approximate surface area is 105 Å². The van der Waals surface area contributed by atoms with Crippen molar-refractivity contribution in [2.75, 3.05) is 0 Å². The quantitative estimate of drug-likeness (QED) is 0.672. The van der Waals surface area contributed by atoms with E-state index in [1.54, 1.807) is 0 Å². The van der Waals surface area contributed by atoms with E-state index in [1.807, 2.05) is 0 Å². The zero-order valence-corrected chi connectivity index (χ0v) is 11.4. The second kappa shape index (κ2) is 4.06. The van der Waals surface area contributed by atoms with Crippen molar-refractivity contribution < 1.29 is 0 Å². The van der Waals surface area contributed by atoms with Crippen LogP contribution in [0.15, 0.2) is 41.1 Å².